The van der Waals surface area contributed by atoms with Crippen LogP contribution in [0.1, 0.15) is 40.5 Å². The zero-order valence-electron chi connectivity index (χ0n) is 17.0. The molecule has 2 aliphatic heterocycles. The molecular formula is C20H30ClN3O3S. The lowest BCUT2D eigenvalue weighted by Gasteiger charge is -2.44. The van der Waals surface area contributed by atoms with Gasteiger partial charge in [0.15, 0.2) is 0 Å². The van der Waals surface area contributed by atoms with Gasteiger partial charge in [-0.1, -0.05) is 39.3 Å². The molecule has 1 aromatic carbocycles. The Morgan fingerprint density at radius 3 is 2.21 bits per heavy atom. The minimum Gasteiger partial charge on any atom is -0.323 e. The van der Waals surface area contributed by atoms with Gasteiger partial charge in [-0.15, -0.1) is 0 Å². The van der Waals surface area contributed by atoms with Crippen LogP contribution >= 0.6 is 11.6 Å². The van der Waals surface area contributed by atoms with Crippen molar-refractivity contribution in [2.75, 3.05) is 19.6 Å². The van der Waals surface area contributed by atoms with E-state index in [4.69, 9.17) is 11.6 Å². The highest BCUT2D eigenvalue weighted by Gasteiger charge is 2.53. The second-order valence-corrected chi connectivity index (χ2v) is 11.0. The molecule has 1 atom stereocenters. The first-order valence-electron chi connectivity index (χ1n) is 9.92. The van der Waals surface area contributed by atoms with E-state index in [1.54, 1.807) is 24.3 Å². The van der Waals surface area contributed by atoms with Gasteiger partial charge in [-0.2, -0.15) is 4.31 Å². The summed E-state index contributed by atoms with van der Waals surface area (Å²) in [6.45, 7) is 9.73. The van der Waals surface area contributed by atoms with Crippen molar-refractivity contribution in [1.29, 1.82) is 0 Å². The van der Waals surface area contributed by atoms with Crippen molar-refractivity contribution in [2.45, 2.75) is 57.1 Å². The Kier molecular flexibility index (Phi) is 6.11. The molecule has 3 rings (SSSR count). The maximum atomic E-state index is 13.0. The van der Waals surface area contributed by atoms with Crippen LogP contribution in [-0.2, 0) is 14.8 Å². The van der Waals surface area contributed by atoms with Crippen LogP contribution in [0.4, 0.5) is 0 Å². The third-order valence-electron chi connectivity index (χ3n) is 5.69. The molecule has 2 saturated heterocycles. The highest BCUT2D eigenvalue weighted by atomic mass is 35.5. The number of carbonyl (C=O) groups excluding carboxylic acids is 1. The van der Waals surface area contributed by atoms with Crippen molar-refractivity contribution >= 4 is 27.5 Å². The van der Waals surface area contributed by atoms with Gasteiger partial charge in [-0.25, -0.2) is 8.42 Å². The molecular weight excluding hydrogens is 398 g/mol. The van der Waals surface area contributed by atoms with Gasteiger partial charge in [0.25, 0.3) is 0 Å². The number of halogens is 1. The average Bonchev–Trinajstić information content (AvgIpc) is 2.88. The quantitative estimate of drug-likeness (QED) is 0.784. The van der Waals surface area contributed by atoms with E-state index in [9.17, 15) is 13.2 Å². The standard InChI is InChI=1S/C20H30ClN3O3S/c1-14(2)13-24-19(25)18(15(3)4)22-20(24)9-11-23(12-10-20)28(26,27)17-7-5-16(21)6-8-17/h5-8,14-15,18,22H,9-13H2,1-4H3/t18-/m1/s1. The number of nitrogens with one attached hydrogen (secondary N) is 1. The van der Waals surface area contributed by atoms with E-state index in [-0.39, 0.29) is 22.8 Å². The molecule has 156 valence electrons. The number of piperidine rings is 1. The summed E-state index contributed by atoms with van der Waals surface area (Å²) in [5.74, 6) is 0.680. The molecule has 0 aliphatic carbocycles. The lowest BCUT2D eigenvalue weighted by atomic mass is 9.96. The van der Waals surface area contributed by atoms with Crippen LogP contribution in [0.15, 0.2) is 29.2 Å². The Labute approximate surface area is 173 Å². The normalized spacial score (nSPS) is 23.3. The van der Waals surface area contributed by atoms with Gasteiger partial charge in [0.1, 0.15) is 0 Å². The van der Waals surface area contributed by atoms with Crippen LogP contribution in [0.3, 0.4) is 0 Å². The van der Waals surface area contributed by atoms with E-state index in [1.165, 1.54) is 4.31 Å². The van der Waals surface area contributed by atoms with Crippen LogP contribution in [0.2, 0.25) is 5.02 Å². The van der Waals surface area contributed by atoms with E-state index in [0.29, 0.717) is 43.4 Å². The summed E-state index contributed by atoms with van der Waals surface area (Å²) in [6.07, 6.45) is 1.17. The topological polar surface area (TPSA) is 69.7 Å². The first kappa shape index (κ1) is 21.6. The molecule has 0 saturated carbocycles. The first-order chi connectivity index (χ1) is 13.1. The Balaban J connectivity index is 1.80. The summed E-state index contributed by atoms with van der Waals surface area (Å²) in [5, 5.41) is 4.08. The average molecular weight is 428 g/mol. The number of carbonyl (C=O) groups is 1. The number of hydrogen-bond acceptors (Lipinski definition) is 4. The van der Waals surface area contributed by atoms with Gasteiger partial charge >= 0.3 is 0 Å². The van der Waals surface area contributed by atoms with Crippen molar-refractivity contribution in [3.05, 3.63) is 29.3 Å². The Morgan fingerprint density at radius 2 is 1.71 bits per heavy atom. The predicted octanol–water partition coefficient (Wildman–Crippen LogP) is 2.93. The Bertz CT molecular complexity index is 816. The monoisotopic (exact) mass is 427 g/mol. The molecule has 2 aliphatic rings. The molecule has 0 bridgehead atoms. The van der Waals surface area contributed by atoms with Crippen LogP contribution < -0.4 is 5.32 Å². The largest absolute Gasteiger partial charge is 0.323 e. The minimum absolute atomic E-state index is 0.137. The third kappa shape index (κ3) is 3.95. The second-order valence-electron chi connectivity index (χ2n) is 8.60. The van der Waals surface area contributed by atoms with Crippen LogP contribution in [0.5, 0.6) is 0 Å². The summed E-state index contributed by atoms with van der Waals surface area (Å²) in [5.41, 5.74) is -0.456. The molecule has 0 aromatic heterocycles. The van der Waals surface area contributed by atoms with E-state index in [0.717, 1.165) is 0 Å². The zero-order chi connectivity index (χ0) is 20.7. The Morgan fingerprint density at radius 1 is 1.14 bits per heavy atom. The molecule has 2 heterocycles. The van der Waals surface area contributed by atoms with Gasteiger partial charge in [-0.3, -0.25) is 10.1 Å². The van der Waals surface area contributed by atoms with Gasteiger partial charge in [0, 0.05) is 24.7 Å². The third-order valence-corrected chi connectivity index (χ3v) is 7.85. The highest BCUT2D eigenvalue weighted by Crippen LogP contribution is 2.36. The summed E-state index contributed by atoms with van der Waals surface area (Å²) >= 11 is 5.89. The number of nitrogens with zero attached hydrogens (tertiary/aromatic N) is 2. The second kappa shape index (κ2) is 7.94. The maximum absolute atomic E-state index is 13.0. The lowest BCUT2D eigenvalue weighted by molar-refractivity contribution is -0.134. The van der Waals surface area contributed by atoms with E-state index >= 15 is 0 Å². The summed E-state index contributed by atoms with van der Waals surface area (Å²) < 4.78 is 27.5. The molecule has 8 heteroatoms. The van der Waals surface area contributed by atoms with Gasteiger partial charge in [0.2, 0.25) is 15.9 Å². The highest BCUT2D eigenvalue weighted by molar-refractivity contribution is 7.89. The molecule has 0 unspecified atom stereocenters. The van der Waals surface area contributed by atoms with E-state index in [1.807, 2.05) is 18.7 Å². The lowest BCUT2D eigenvalue weighted by Crippen LogP contribution is -2.60. The fourth-order valence-corrected chi connectivity index (χ4v) is 5.72. The molecule has 0 radical (unpaired) electrons. The number of rotatable bonds is 5. The maximum Gasteiger partial charge on any atom is 0.243 e. The number of sulfonamides is 1. The molecule has 1 N–H and O–H groups in total. The first-order valence-corrected chi connectivity index (χ1v) is 11.7. The summed E-state index contributed by atoms with van der Waals surface area (Å²) in [6, 6.07) is 6.06. The van der Waals surface area contributed by atoms with Crippen LogP contribution in [0, 0.1) is 11.8 Å². The number of benzene rings is 1. The molecule has 1 amide bonds. The van der Waals surface area contributed by atoms with Gasteiger partial charge in [0.05, 0.1) is 16.6 Å². The van der Waals surface area contributed by atoms with E-state index in [2.05, 4.69) is 19.2 Å². The summed E-state index contributed by atoms with van der Waals surface area (Å²) in [4.78, 5) is 15.2. The smallest absolute Gasteiger partial charge is 0.243 e. The number of amides is 1. The number of hydrogen-bond donors (Lipinski definition) is 1. The molecule has 28 heavy (non-hydrogen) atoms. The predicted molar refractivity (Wildman–Crippen MR) is 110 cm³/mol. The fraction of sp³-hybridized carbons (Fsp3) is 0.650. The van der Waals surface area contributed by atoms with Crippen LogP contribution in [-0.4, -0.2) is 54.9 Å². The van der Waals surface area contributed by atoms with Gasteiger partial charge in [-0.05, 0) is 48.9 Å². The van der Waals surface area contributed by atoms with Crippen molar-refractivity contribution in [3.8, 4) is 0 Å². The molecule has 2 fully saturated rings. The van der Waals surface area contributed by atoms with Gasteiger partial charge < -0.3 is 4.90 Å². The summed E-state index contributed by atoms with van der Waals surface area (Å²) in [7, 11) is -3.57. The minimum atomic E-state index is -3.57. The fourth-order valence-electron chi connectivity index (χ4n) is 4.16. The molecule has 1 spiro atoms. The van der Waals surface area contributed by atoms with Crippen molar-refractivity contribution in [1.82, 2.24) is 14.5 Å². The van der Waals surface area contributed by atoms with Crippen LogP contribution in [0.25, 0.3) is 0 Å². The van der Waals surface area contributed by atoms with E-state index < -0.39 is 15.7 Å². The van der Waals surface area contributed by atoms with Crippen molar-refractivity contribution in [3.63, 3.8) is 0 Å². The van der Waals surface area contributed by atoms with Crippen molar-refractivity contribution in [2.24, 2.45) is 11.8 Å². The zero-order valence-corrected chi connectivity index (χ0v) is 18.6. The SMILES string of the molecule is CC(C)CN1C(=O)[C@@H](C(C)C)NC12CCN(S(=O)(=O)c1ccc(Cl)cc1)CC2. The van der Waals surface area contributed by atoms with Crippen molar-refractivity contribution < 1.29 is 13.2 Å². The molecule has 1 aromatic rings. The Hall–Kier alpha value is -1.15. The molecule has 6 nitrogen and oxygen atoms in total.